The number of para-hydroxylation sites is 1. The number of fused-ring (bicyclic) bond motifs is 1. The van der Waals surface area contributed by atoms with E-state index < -0.39 is 5.91 Å². The van der Waals surface area contributed by atoms with E-state index in [0.717, 1.165) is 22.0 Å². The molecule has 3 aromatic heterocycles. The summed E-state index contributed by atoms with van der Waals surface area (Å²) in [4.78, 5) is 21.3. The van der Waals surface area contributed by atoms with Crippen LogP contribution in [0, 0.1) is 25.2 Å². The molecule has 136 valence electrons. The van der Waals surface area contributed by atoms with Crippen LogP contribution in [0.1, 0.15) is 27.2 Å². The average Bonchev–Trinajstić information content (AvgIpc) is 3.12. The van der Waals surface area contributed by atoms with Crippen molar-refractivity contribution in [3.05, 3.63) is 77.2 Å². The number of nitrogens with one attached hydrogen (secondary N) is 1. The SMILES string of the molecule is Cc1cc(-n2ncc(C#N)c2NC(=O)c2ccccn2)nc2c(C)cccc12. The summed E-state index contributed by atoms with van der Waals surface area (Å²) in [7, 11) is 0. The number of pyridine rings is 2. The molecular formula is C21H16N6O. The summed E-state index contributed by atoms with van der Waals surface area (Å²) < 4.78 is 1.47. The highest BCUT2D eigenvalue weighted by molar-refractivity contribution is 6.03. The van der Waals surface area contributed by atoms with Crippen LogP contribution in [0.2, 0.25) is 0 Å². The summed E-state index contributed by atoms with van der Waals surface area (Å²) >= 11 is 0. The molecule has 0 radical (unpaired) electrons. The number of amides is 1. The quantitative estimate of drug-likeness (QED) is 0.596. The molecule has 0 atom stereocenters. The first-order chi connectivity index (χ1) is 13.6. The predicted octanol–water partition coefficient (Wildman–Crippen LogP) is 3.56. The van der Waals surface area contributed by atoms with Crippen molar-refractivity contribution in [3.8, 4) is 11.9 Å². The minimum Gasteiger partial charge on any atom is -0.304 e. The van der Waals surface area contributed by atoms with Crippen LogP contribution >= 0.6 is 0 Å². The van der Waals surface area contributed by atoms with E-state index in [1.165, 1.54) is 17.1 Å². The van der Waals surface area contributed by atoms with Gasteiger partial charge >= 0.3 is 0 Å². The first-order valence-electron chi connectivity index (χ1n) is 8.66. The Morgan fingerprint density at radius 2 is 2.00 bits per heavy atom. The van der Waals surface area contributed by atoms with Crippen molar-refractivity contribution in [1.82, 2.24) is 19.7 Å². The van der Waals surface area contributed by atoms with Gasteiger partial charge in [0.15, 0.2) is 11.6 Å². The van der Waals surface area contributed by atoms with Crippen LogP contribution in [0.4, 0.5) is 5.82 Å². The number of anilines is 1. The number of carbonyl (C=O) groups excluding carboxylic acids is 1. The molecule has 0 aliphatic heterocycles. The third-order valence-corrected chi connectivity index (χ3v) is 4.47. The lowest BCUT2D eigenvalue weighted by Crippen LogP contribution is -2.17. The molecule has 0 bridgehead atoms. The average molecular weight is 368 g/mol. The van der Waals surface area contributed by atoms with Gasteiger partial charge in [0.05, 0.1) is 11.7 Å². The summed E-state index contributed by atoms with van der Waals surface area (Å²) in [6.07, 6.45) is 2.95. The fraction of sp³-hybridized carbons (Fsp3) is 0.0952. The van der Waals surface area contributed by atoms with Gasteiger partial charge in [-0.2, -0.15) is 15.0 Å². The molecule has 0 unspecified atom stereocenters. The Bertz CT molecular complexity index is 1240. The molecule has 7 heteroatoms. The lowest BCUT2D eigenvalue weighted by atomic mass is 10.1. The first kappa shape index (κ1) is 17.4. The van der Waals surface area contributed by atoms with Gasteiger partial charge in [-0.25, -0.2) is 4.98 Å². The van der Waals surface area contributed by atoms with E-state index in [0.29, 0.717) is 5.82 Å². The Labute approximate surface area is 161 Å². The monoisotopic (exact) mass is 368 g/mol. The van der Waals surface area contributed by atoms with Crippen LogP contribution < -0.4 is 5.32 Å². The van der Waals surface area contributed by atoms with E-state index in [-0.39, 0.29) is 17.1 Å². The highest BCUT2D eigenvalue weighted by Gasteiger charge is 2.18. The van der Waals surface area contributed by atoms with Gasteiger partial charge in [0.1, 0.15) is 17.3 Å². The molecule has 0 saturated heterocycles. The second-order valence-corrected chi connectivity index (χ2v) is 6.37. The lowest BCUT2D eigenvalue weighted by molar-refractivity contribution is 0.102. The molecule has 1 aromatic carbocycles. The van der Waals surface area contributed by atoms with Crippen LogP contribution in [0.3, 0.4) is 0 Å². The summed E-state index contributed by atoms with van der Waals surface area (Å²) in [5.74, 6) is 0.364. The lowest BCUT2D eigenvalue weighted by Gasteiger charge is -2.12. The fourth-order valence-electron chi connectivity index (χ4n) is 3.05. The van der Waals surface area contributed by atoms with Gasteiger partial charge in [0, 0.05) is 11.6 Å². The first-order valence-corrected chi connectivity index (χ1v) is 8.66. The number of aromatic nitrogens is 4. The molecule has 4 rings (SSSR count). The third-order valence-electron chi connectivity index (χ3n) is 4.47. The van der Waals surface area contributed by atoms with Gasteiger partial charge < -0.3 is 5.32 Å². The van der Waals surface area contributed by atoms with Crippen molar-refractivity contribution in [2.75, 3.05) is 5.32 Å². The molecule has 4 aromatic rings. The Balaban J connectivity index is 1.83. The predicted molar refractivity (Wildman–Crippen MR) is 105 cm³/mol. The summed E-state index contributed by atoms with van der Waals surface area (Å²) in [5.41, 5.74) is 3.41. The maximum absolute atomic E-state index is 12.6. The zero-order valence-corrected chi connectivity index (χ0v) is 15.3. The van der Waals surface area contributed by atoms with Gasteiger partial charge in [-0.1, -0.05) is 24.3 Å². The zero-order valence-electron chi connectivity index (χ0n) is 15.3. The normalized spacial score (nSPS) is 10.6. The highest BCUT2D eigenvalue weighted by atomic mass is 16.2. The second kappa shape index (κ2) is 6.93. The van der Waals surface area contributed by atoms with E-state index in [1.807, 2.05) is 38.1 Å². The van der Waals surface area contributed by atoms with Crippen molar-refractivity contribution >= 4 is 22.6 Å². The maximum Gasteiger partial charge on any atom is 0.275 e. The molecule has 1 N–H and O–H groups in total. The third kappa shape index (κ3) is 2.97. The Morgan fingerprint density at radius 1 is 1.14 bits per heavy atom. The van der Waals surface area contributed by atoms with Crippen molar-refractivity contribution < 1.29 is 4.79 Å². The van der Waals surface area contributed by atoms with Crippen LogP contribution in [-0.4, -0.2) is 25.7 Å². The standard InChI is InChI=1S/C21H16N6O/c1-13-6-5-7-16-14(2)10-18(25-19(13)16)27-20(15(11-22)12-24-27)26-21(28)17-8-3-4-9-23-17/h3-10,12H,1-2H3,(H,26,28). The minimum absolute atomic E-state index is 0.244. The van der Waals surface area contributed by atoms with Crippen molar-refractivity contribution in [2.45, 2.75) is 13.8 Å². The molecule has 0 spiro atoms. The zero-order chi connectivity index (χ0) is 19.7. The number of hydrogen-bond donors (Lipinski definition) is 1. The Kier molecular flexibility index (Phi) is 4.30. The van der Waals surface area contributed by atoms with Gasteiger partial charge in [0.2, 0.25) is 0 Å². The second-order valence-electron chi connectivity index (χ2n) is 6.37. The molecule has 7 nitrogen and oxygen atoms in total. The van der Waals surface area contributed by atoms with Gasteiger partial charge in [-0.3, -0.25) is 9.78 Å². The number of aryl methyl sites for hydroxylation is 2. The molecule has 0 aliphatic rings. The van der Waals surface area contributed by atoms with Crippen molar-refractivity contribution in [1.29, 1.82) is 5.26 Å². The molecule has 0 fully saturated rings. The summed E-state index contributed by atoms with van der Waals surface area (Å²) in [6.45, 7) is 3.99. The number of nitriles is 1. The Hall–Kier alpha value is -4.05. The molecule has 1 amide bonds. The Morgan fingerprint density at radius 3 is 2.75 bits per heavy atom. The number of hydrogen-bond acceptors (Lipinski definition) is 5. The molecule has 3 heterocycles. The summed E-state index contributed by atoms with van der Waals surface area (Å²) in [5, 5.41) is 17.5. The van der Waals surface area contributed by atoms with Gasteiger partial charge in [-0.05, 0) is 43.2 Å². The number of rotatable bonds is 3. The van der Waals surface area contributed by atoms with Gasteiger partial charge in [0.25, 0.3) is 5.91 Å². The summed E-state index contributed by atoms with van der Waals surface area (Å²) in [6, 6.07) is 15.0. The smallest absolute Gasteiger partial charge is 0.275 e. The largest absolute Gasteiger partial charge is 0.304 e. The van der Waals surface area contributed by atoms with Crippen molar-refractivity contribution in [2.24, 2.45) is 0 Å². The van der Waals surface area contributed by atoms with Crippen LogP contribution in [0.5, 0.6) is 0 Å². The van der Waals surface area contributed by atoms with E-state index in [9.17, 15) is 10.1 Å². The van der Waals surface area contributed by atoms with E-state index in [4.69, 9.17) is 4.98 Å². The van der Waals surface area contributed by atoms with Gasteiger partial charge in [-0.15, -0.1) is 0 Å². The van der Waals surface area contributed by atoms with E-state index >= 15 is 0 Å². The van der Waals surface area contributed by atoms with Crippen molar-refractivity contribution in [3.63, 3.8) is 0 Å². The van der Waals surface area contributed by atoms with Crippen LogP contribution in [0.25, 0.3) is 16.7 Å². The molecule has 28 heavy (non-hydrogen) atoms. The number of benzene rings is 1. The number of nitrogens with zero attached hydrogens (tertiary/aromatic N) is 5. The molecular weight excluding hydrogens is 352 g/mol. The minimum atomic E-state index is -0.424. The maximum atomic E-state index is 12.6. The fourth-order valence-corrected chi connectivity index (χ4v) is 3.05. The number of carbonyl (C=O) groups is 1. The van der Waals surface area contributed by atoms with Crippen LogP contribution in [0.15, 0.2) is 54.9 Å². The van der Waals surface area contributed by atoms with E-state index in [1.54, 1.807) is 18.2 Å². The topological polar surface area (TPSA) is 96.5 Å². The molecule has 0 saturated carbocycles. The molecule has 0 aliphatic carbocycles. The van der Waals surface area contributed by atoms with E-state index in [2.05, 4.69) is 21.5 Å². The highest BCUT2D eigenvalue weighted by Crippen LogP contribution is 2.25. The van der Waals surface area contributed by atoms with Crippen LogP contribution in [-0.2, 0) is 0 Å².